The molecule has 5 saturated carbocycles. The Morgan fingerprint density at radius 2 is 1.91 bits per heavy atom. The number of likely N-dealkylation sites (tertiary alicyclic amines) is 1. The van der Waals surface area contributed by atoms with E-state index in [4.69, 9.17) is 28.4 Å². The van der Waals surface area contributed by atoms with Crippen LogP contribution in [0.25, 0.3) is 0 Å². The van der Waals surface area contributed by atoms with Crippen molar-refractivity contribution in [3.05, 3.63) is 0 Å². The molecule has 2 saturated heterocycles. The smallest absolute Gasteiger partial charge is 0.148 e. The molecule has 192 valence electrons. The highest BCUT2D eigenvalue weighted by Crippen LogP contribution is 2.82. The van der Waals surface area contributed by atoms with Crippen LogP contribution in [0, 0.1) is 34.5 Å². The van der Waals surface area contributed by atoms with E-state index in [1.54, 1.807) is 7.11 Å². The van der Waals surface area contributed by atoms with Gasteiger partial charge in [-0.15, -0.1) is 0 Å². The summed E-state index contributed by atoms with van der Waals surface area (Å²) >= 11 is 0. The predicted molar refractivity (Wildman–Crippen MR) is 121 cm³/mol. The Kier molecular flexibility index (Phi) is 4.81. The van der Waals surface area contributed by atoms with E-state index in [0.717, 1.165) is 38.8 Å². The minimum atomic E-state index is -0.825. The summed E-state index contributed by atoms with van der Waals surface area (Å²) in [4.78, 5) is 2.61. The Balaban J connectivity index is 1.55. The number of methoxy groups -OCH3 is 4. The highest BCUT2D eigenvalue weighted by molar-refractivity contribution is 5.42. The Hall–Kier alpha value is -0.320. The average molecular weight is 480 g/mol. The number of hydrogen-bond acceptors (Lipinski definition) is 8. The fourth-order valence-corrected chi connectivity index (χ4v) is 11.7. The topological polar surface area (TPSA) is 78.9 Å². The maximum absolute atomic E-state index is 12.6. The van der Waals surface area contributed by atoms with Crippen molar-refractivity contribution in [2.24, 2.45) is 34.5 Å². The van der Waals surface area contributed by atoms with Crippen molar-refractivity contribution in [1.82, 2.24) is 4.90 Å². The van der Waals surface area contributed by atoms with Crippen LogP contribution in [0.3, 0.4) is 0 Å². The molecular weight excluding hydrogens is 438 g/mol. The van der Waals surface area contributed by atoms with Crippen molar-refractivity contribution in [3.8, 4) is 0 Å². The van der Waals surface area contributed by atoms with Crippen LogP contribution in [0.15, 0.2) is 0 Å². The molecule has 0 aromatic carbocycles. The normalized spacial score (nSPS) is 61.1. The van der Waals surface area contributed by atoms with E-state index in [2.05, 4.69) is 11.8 Å². The molecule has 13 atom stereocenters. The zero-order valence-corrected chi connectivity index (χ0v) is 21.2. The van der Waals surface area contributed by atoms with Gasteiger partial charge in [0, 0.05) is 70.0 Å². The third-order valence-electron chi connectivity index (χ3n) is 12.0. The number of ether oxygens (including phenoxy) is 6. The second-order valence-electron chi connectivity index (χ2n) is 12.2. The van der Waals surface area contributed by atoms with Gasteiger partial charge in [0.25, 0.3) is 0 Å². The molecule has 2 heterocycles. The van der Waals surface area contributed by atoms with Crippen LogP contribution in [0.2, 0.25) is 0 Å². The highest BCUT2D eigenvalue weighted by atomic mass is 16.7. The van der Waals surface area contributed by atoms with E-state index < -0.39 is 17.3 Å². The number of aliphatic hydroxyl groups excluding tert-OH is 1. The van der Waals surface area contributed by atoms with Crippen LogP contribution in [0.4, 0.5) is 0 Å². The molecule has 5 aliphatic carbocycles. The summed E-state index contributed by atoms with van der Waals surface area (Å²) in [6.07, 6.45) is 3.20. The molecule has 7 rings (SSSR count). The maximum atomic E-state index is 12.6. The number of fused-ring (bicyclic) bond motifs is 1. The molecule has 8 nitrogen and oxygen atoms in total. The van der Waals surface area contributed by atoms with Crippen LogP contribution in [-0.4, -0.2) is 107 Å². The maximum Gasteiger partial charge on any atom is 0.148 e. The van der Waals surface area contributed by atoms with Gasteiger partial charge in [0.2, 0.25) is 0 Å². The van der Waals surface area contributed by atoms with Crippen LogP contribution in [0.5, 0.6) is 0 Å². The number of aliphatic hydroxyl groups is 1. The quantitative estimate of drug-likeness (QED) is 0.611. The molecule has 5 unspecified atom stereocenters. The first-order valence-corrected chi connectivity index (χ1v) is 13.2. The van der Waals surface area contributed by atoms with Crippen molar-refractivity contribution in [1.29, 1.82) is 0 Å². The lowest BCUT2D eigenvalue weighted by Gasteiger charge is -2.70. The molecule has 1 N–H and O–H groups in total. The number of nitrogens with zero attached hydrogens (tertiary/aromatic N) is 1. The van der Waals surface area contributed by atoms with Gasteiger partial charge in [-0.05, 0) is 31.7 Å². The van der Waals surface area contributed by atoms with Crippen LogP contribution >= 0.6 is 0 Å². The summed E-state index contributed by atoms with van der Waals surface area (Å²) < 4.78 is 38.3. The molecule has 7 fully saturated rings. The van der Waals surface area contributed by atoms with Crippen molar-refractivity contribution >= 4 is 0 Å². The monoisotopic (exact) mass is 479 g/mol. The largest absolute Gasteiger partial charge is 0.390 e. The molecule has 7 bridgehead atoms. The predicted octanol–water partition coefficient (Wildman–Crippen LogP) is 1.29. The SMILES string of the molecule is CCN1C[C@]2(COC)CC[C@H](OC)[C@]34C5CC6[C@H](OC)C5[C@@]5(C[C@@H]6OC)OCO[C@@]5(C13)[C@@H](O)C24. The van der Waals surface area contributed by atoms with Gasteiger partial charge in [-0.1, -0.05) is 6.92 Å². The Bertz CT molecular complexity index is 859. The number of hydrogen-bond donors (Lipinski definition) is 1. The van der Waals surface area contributed by atoms with Gasteiger partial charge in [0.1, 0.15) is 18.0 Å². The van der Waals surface area contributed by atoms with Crippen LogP contribution in [0.1, 0.15) is 32.6 Å². The first-order valence-electron chi connectivity index (χ1n) is 13.2. The van der Waals surface area contributed by atoms with Crippen molar-refractivity contribution < 1.29 is 33.5 Å². The summed E-state index contributed by atoms with van der Waals surface area (Å²) in [5.74, 6) is 0.813. The fourth-order valence-electron chi connectivity index (χ4n) is 11.7. The molecule has 0 aromatic rings. The number of likely N-dealkylation sites (N-methyl/N-ethyl adjacent to an activating group) is 1. The van der Waals surface area contributed by atoms with Gasteiger partial charge in [-0.25, -0.2) is 0 Å². The van der Waals surface area contributed by atoms with Crippen LogP contribution in [-0.2, 0) is 28.4 Å². The van der Waals surface area contributed by atoms with Crippen LogP contribution < -0.4 is 0 Å². The first kappa shape index (κ1) is 22.8. The Morgan fingerprint density at radius 3 is 2.59 bits per heavy atom. The Labute approximate surface area is 202 Å². The first-order chi connectivity index (χ1) is 16.5. The van der Waals surface area contributed by atoms with Gasteiger partial charge in [0.05, 0.1) is 37.1 Å². The van der Waals surface area contributed by atoms with E-state index >= 15 is 0 Å². The minimum Gasteiger partial charge on any atom is -0.390 e. The lowest BCUT2D eigenvalue weighted by Crippen LogP contribution is -2.81. The molecule has 8 heteroatoms. The van der Waals surface area contributed by atoms with E-state index in [1.807, 2.05) is 21.3 Å². The highest BCUT2D eigenvalue weighted by Gasteiger charge is 2.93. The Morgan fingerprint density at radius 1 is 1.09 bits per heavy atom. The van der Waals surface area contributed by atoms with Gasteiger partial charge in [-0.2, -0.15) is 0 Å². The van der Waals surface area contributed by atoms with Gasteiger partial charge in [-0.3, -0.25) is 4.90 Å². The summed E-state index contributed by atoms with van der Waals surface area (Å²) in [7, 11) is 7.32. The summed E-state index contributed by atoms with van der Waals surface area (Å²) in [5, 5.41) is 12.6. The molecular formula is C26H41NO7. The third-order valence-corrected chi connectivity index (χ3v) is 12.0. The summed E-state index contributed by atoms with van der Waals surface area (Å²) in [6.45, 7) is 4.93. The zero-order valence-electron chi connectivity index (χ0n) is 21.2. The molecule has 0 radical (unpaired) electrons. The molecule has 0 aromatic heterocycles. The van der Waals surface area contributed by atoms with Gasteiger partial charge < -0.3 is 33.5 Å². The van der Waals surface area contributed by atoms with Gasteiger partial charge >= 0.3 is 0 Å². The minimum absolute atomic E-state index is 0.0240. The third kappa shape index (κ3) is 2.05. The second kappa shape index (κ2) is 7.16. The average Bonchev–Trinajstić information content (AvgIpc) is 3.42. The zero-order chi connectivity index (χ0) is 23.7. The van der Waals surface area contributed by atoms with E-state index in [9.17, 15) is 5.11 Å². The molecule has 34 heavy (non-hydrogen) atoms. The van der Waals surface area contributed by atoms with E-state index in [0.29, 0.717) is 18.4 Å². The van der Waals surface area contributed by atoms with E-state index in [-0.39, 0.29) is 53.8 Å². The number of piperidine rings is 1. The number of rotatable bonds is 6. The van der Waals surface area contributed by atoms with Crippen molar-refractivity contribution in [2.75, 3.05) is 54.9 Å². The lowest BCUT2D eigenvalue weighted by atomic mass is 9.42. The van der Waals surface area contributed by atoms with Crippen molar-refractivity contribution in [2.45, 2.75) is 74.3 Å². The molecule has 0 amide bonds. The lowest BCUT2D eigenvalue weighted by molar-refractivity contribution is -0.287. The molecule has 3 spiro atoms. The molecule has 2 aliphatic heterocycles. The second-order valence-corrected chi connectivity index (χ2v) is 12.2. The van der Waals surface area contributed by atoms with Crippen molar-refractivity contribution in [3.63, 3.8) is 0 Å². The molecule has 7 aliphatic rings. The fraction of sp³-hybridized carbons (Fsp3) is 1.00. The van der Waals surface area contributed by atoms with Gasteiger partial charge in [0.15, 0.2) is 0 Å². The standard InChI is InChI=1S/C26H41NO7/c1-6-27-11-23(12-29-2)8-7-17(31-4)25-15-9-14-16(30-3)10-24(18(15)19(14)32-5)26(22(25)27,34-13-33-24)21(28)20(23)25/h14-22,28H,6-13H2,1-5H3/t14?,15?,16-,17-,18?,19-,20?,21-,22?,23-,24+,25-,26+/m0/s1. The summed E-state index contributed by atoms with van der Waals surface area (Å²) in [5.41, 5.74) is -1.83. The summed E-state index contributed by atoms with van der Waals surface area (Å²) in [6, 6.07) is 0.0378. The van der Waals surface area contributed by atoms with E-state index in [1.165, 1.54) is 0 Å².